The van der Waals surface area contributed by atoms with Crippen LogP contribution in [0.3, 0.4) is 0 Å². The number of rotatable bonds is 8. The summed E-state index contributed by atoms with van der Waals surface area (Å²) >= 11 is 0. The predicted octanol–water partition coefficient (Wildman–Crippen LogP) is 0.747. The highest BCUT2D eigenvalue weighted by Crippen LogP contribution is 2.16. The van der Waals surface area contributed by atoms with Gasteiger partial charge in [0.05, 0.1) is 6.61 Å². The molecule has 0 aromatic heterocycles. The Hall–Kier alpha value is -2.12. The lowest BCUT2D eigenvalue weighted by Crippen LogP contribution is -2.45. The van der Waals surface area contributed by atoms with Crippen molar-refractivity contribution >= 4 is 11.7 Å². The summed E-state index contributed by atoms with van der Waals surface area (Å²) in [6.45, 7) is 4.76. The van der Waals surface area contributed by atoms with Crippen LogP contribution in [0.4, 0.5) is 0 Å². The molecule has 1 saturated heterocycles. The van der Waals surface area contributed by atoms with E-state index in [1.165, 1.54) is 11.1 Å². The number of amides is 1. The number of oxime groups is 1. The molecule has 0 saturated carbocycles. The molecule has 138 valence electrons. The van der Waals surface area contributed by atoms with Crippen LogP contribution in [0.5, 0.6) is 0 Å². The number of hydrogen-bond acceptors (Lipinski definition) is 5. The van der Waals surface area contributed by atoms with Gasteiger partial charge in [-0.1, -0.05) is 29.4 Å². The van der Waals surface area contributed by atoms with E-state index in [9.17, 15) is 4.79 Å². The van der Waals surface area contributed by atoms with Crippen LogP contribution in [-0.2, 0) is 16.2 Å². The smallest absolute Gasteiger partial charge is 0.260 e. The third kappa shape index (κ3) is 6.72. The number of aryl methyl sites for hydroxylation is 1. The van der Waals surface area contributed by atoms with Gasteiger partial charge in [-0.2, -0.15) is 0 Å². The van der Waals surface area contributed by atoms with E-state index in [4.69, 9.17) is 15.7 Å². The zero-order valence-corrected chi connectivity index (χ0v) is 14.8. The van der Waals surface area contributed by atoms with Crippen LogP contribution in [-0.4, -0.2) is 54.1 Å². The molecule has 25 heavy (non-hydrogen) atoms. The van der Waals surface area contributed by atoms with Gasteiger partial charge in [0.25, 0.3) is 5.91 Å². The maximum atomic E-state index is 11.9. The van der Waals surface area contributed by atoms with Gasteiger partial charge in [-0.25, -0.2) is 0 Å². The average Bonchev–Trinajstić information content (AvgIpc) is 2.59. The topological polar surface area (TPSA) is 100 Å². The fraction of sp³-hybridized carbons (Fsp3) is 0.556. The van der Waals surface area contributed by atoms with Crippen molar-refractivity contribution in [2.24, 2.45) is 10.9 Å². The van der Waals surface area contributed by atoms with Gasteiger partial charge in [-0.3, -0.25) is 9.69 Å². The van der Waals surface area contributed by atoms with Crippen LogP contribution < -0.4 is 11.1 Å². The van der Waals surface area contributed by atoms with Crippen molar-refractivity contribution in [3.8, 4) is 0 Å². The molecule has 4 N–H and O–H groups in total. The monoisotopic (exact) mass is 348 g/mol. The van der Waals surface area contributed by atoms with Crippen LogP contribution in [0.15, 0.2) is 29.4 Å². The summed E-state index contributed by atoms with van der Waals surface area (Å²) in [4.78, 5) is 19.2. The molecule has 1 aromatic rings. The fourth-order valence-corrected chi connectivity index (χ4v) is 2.87. The first kappa shape index (κ1) is 19.2. The van der Waals surface area contributed by atoms with E-state index in [1.807, 2.05) is 0 Å². The molecule has 1 aliphatic heterocycles. The van der Waals surface area contributed by atoms with Crippen molar-refractivity contribution in [1.82, 2.24) is 10.2 Å². The standard InChI is InChI=1S/C18H28N4O3/c1-14-4-2-3-5-15(14)12-22-9-6-16(7-10-22)20-18(24)13-25-21-17(19)8-11-23/h2-5,16,23H,6-13H2,1H3,(H2,19,21)(H,20,24). The summed E-state index contributed by atoms with van der Waals surface area (Å²) in [6.07, 6.45) is 2.09. The number of hydrogen-bond donors (Lipinski definition) is 3. The largest absolute Gasteiger partial charge is 0.396 e. The molecule has 1 fully saturated rings. The molecule has 0 radical (unpaired) electrons. The van der Waals surface area contributed by atoms with Crippen molar-refractivity contribution in [2.45, 2.75) is 38.8 Å². The van der Waals surface area contributed by atoms with Gasteiger partial charge in [-0.05, 0) is 30.9 Å². The van der Waals surface area contributed by atoms with E-state index in [2.05, 4.69) is 46.6 Å². The van der Waals surface area contributed by atoms with Crippen molar-refractivity contribution in [3.05, 3.63) is 35.4 Å². The van der Waals surface area contributed by atoms with Crippen molar-refractivity contribution in [3.63, 3.8) is 0 Å². The van der Waals surface area contributed by atoms with E-state index >= 15 is 0 Å². The Morgan fingerprint density at radius 1 is 1.40 bits per heavy atom. The second-order valence-corrected chi connectivity index (χ2v) is 6.37. The third-order valence-corrected chi connectivity index (χ3v) is 4.35. The number of nitrogens with two attached hydrogens (primary N) is 1. The van der Waals surface area contributed by atoms with Crippen LogP contribution in [0.1, 0.15) is 30.4 Å². The molecular formula is C18H28N4O3. The van der Waals surface area contributed by atoms with Gasteiger partial charge in [-0.15, -0.1) is 0 Å². The van der Waals surface area contributed by atoms with Crippen LogP contribution in [0, 0.1) is 6.92 Å². The molecule has 1 aliphatic rings. The zero-order valence-electron chi connectivity index (χ0n) is 14.8. The van der Waals surface area contributed by atoms with E-state index < -0.39 is 0 Å². The van der Waals surface area contributed by atoms with E-state index in [0.29, 0.717) is 0 Å². The van der Waals surface area contributed by atoms with Gasteiger partial charge in [0, 0.05) is 32.1 Å². The number of aliphatic hydroxyl groups excluding tert-OH is 1. The maximum Gasteiger partial charge on any atom is 0.260 e. The lowest BCUT2D eigenvalue weighted by atomic mass is 10.0. The van der Waals surface area contributed by atoms with E-state index in [-0.39, 0.29) is 37.4 Å². The lowest BCUT2D eigenvalue weighted by Gasteiger charge is -2.32. The number of benzene rings is 1. The molecule has 0 bridgehead atoms. The van der Waals surface area contributed by atoms with E-state index in [0.717, 1.165) is 32.5 Å². The highest BCUT2D eigenvalue weighted by molar-refractivity contribution is 5.80. The number of carbonyl (C=O) groups excluding carboxylic acids is 1. The maximum absolute atomic E-state index is 11.9. The van der Waals surface area contributed by atoms with Gasteiger partial charge in [0.1, 0.15) is 5.84 Å². The first-order valence-corrected chi connectivity index (χ1v) is 8.70. The number of carbonyl (C=O) groups is 1. The predicted molar refractivity (Wildman–Crippen MR) is 96.9 cm³/mol. The lowest BCUT2D eigenvalue weighted by molar-refractivity contribution is -0.126. The molecule has 7 nitrogen and oxygen atoms in total. The van der Waals surface area contributed by atoms with Gasteiger partial charge >= 0.3 is 0 Å². The quantitative estimate of drug-likeness (QED) is 0.366. The van der Waals surface area contributed by atoms with Crippen molar-refractivity contribution < 1.29 is 14.7 Å². The Morgan fingerprint density at radius 3 is 2.80 bits per heavy atom. The number of nitrogens with one attached hydrogen (secondary N) is 1. The average molecular weight is 348 g/mol. The number of nitrogens with zero attached hydrogens (tertiary/aromatic N) is 2. The minimum Gasteiger partial charge on any atom is -0.396 e. The fourth-order valence-electron chi connectivity index (χ4n) is 2.87. The third-order valence-electron chi connectivity index (χ3n) is 4.35. The van der Waals surface area contributed by atoms with Gasteiger partial charge in [0.2, 0.25) is 0 Å². The van der Waals surface area contributed by atoms with Gasteiger partial charge in [0.15, 0.2) is 6.61 Å². The molecule has 7 heteroatoms. The Kier molecular flexibility index (Phi) is 7.69. The number of aliphatic hydroxyl groups is 1. The molecule has 1 aromatic carbocycles. The molecule has 0 spiro atoms. The Morgan fingerprint density at radius 2 is 2.12 bits per heavy atom. The minimum absolute atomic E-state index is 0.0913. The molecule has 0 atom stereocenters. The van der Waals surface area contributed by atoms with Crippen molar-refractivity contribution in [2.75, 3.05) is 26.3 Å². The highest BCUT2D eigenvalue weighted by Gasteiger charge is 2.21. The zero-order chi connectivity index (χ0) is 18.1. The Balaban J connectivity index is 1.67. The summed E-state index contributed by atoms with van der Waals surface area (Å²) < 4.78 is 0. The molecule has 2 rings (SSSR count). The van der Waals surface area contributed by atoms with Gasteiger partial charge < -0.3 is 21.0 Å². The summed E-state index contributed by atoms with van der Waals surface area (Å²) in [5.41, 5.74) is 8.15. The number of amidine groups is 1. The summed E-state index contributed by atoms with van der Waals surface area (Å²) in [6, 6.07) is 8.61. The molecule has 1 amide bonds. The molecule has 0 unspecified atom stereocenters. The van der Waals surface area contributed by atoms with Crippen molar-refractivity contribution in [1.29, 1.82) is 0 Å². The Bertz CT molecular complexity index is 583. The molecule has 1 heterocycles. The summed E-state index contributed by atoms with van der Waals surface area (Å²) in [5, 5.41) is 15.2. The number of piperidine rings is 1. The van der Waals surface area contributed by atoms with Crippen LogP contribution >= 0.6 is 0 Å². The number of likely N-dealkylation sites (tertiary alicyclic amines) is 1. The molecular weight excluding hydrogens is 320 g/mol. The minimum atomic E-state index is -0.196. The first-order valence-electron chi connectivity index (χ1n) is 8.70. The van der Waals surface area contributed by atoms with Crippen LogP contribution in [0.25, 0.3) is 0 Å². The normalized spacial score (nSPS) is 16.6. The SMILES string of the molecule is Cc1ccccc1CN1CCC(NC(=O)CO/N=C(\N)CCO)CC1. The second-order valence-electron chi connectivity index (χ2n) is 6.37. The van der Waals surface area contributed by atoms with Crippen LogP contribution in [0.2, 0.25) is 0 Å². The molecule has 0 aliphatic carbocycles. The second kappa shape index (κ2) is 10.0. The van der Waals surface area contributed by atoms with E-state index in [1.54, 1.807) is 0 Å². The summed E-state index contributed by atoms with van der Waals surface area (Å²) in [5.74, 6) is -0.0160. The first-order chi connectivity index (χ1) is 12.1. The highest BCUT2D eigenvalue weighted by atomic mass is 16.6. The summed E-state index contributed by atoms with van der Waals surface area (Å²) in [7, 11) is 0. The Labute approximate surface area is 148 Å².